The van der Waals surface area contributed by atoms with Crippen LogP contribution in [0, 0.1) is 6.92 Å². The predicted octanol–water partition coefficient (Wildman–Crippen LogP) is 3.45. The van der Waals surface area contributed by atoms with Crippen LogP contribution in [0.5, 0.6) is 5.75 Å². The topological polar surface area (TPSA) is 97.4 Å². The number of ether oxygens (including phenoxy) is 1. The fraction of sp³-hybridized carbons (Fsp3) is 0.100. The zero-order chi connectivity index (χ0) is 20.1. The number of anilines is 2. The van der Waals surface area contributed by atoms with Crippen molar-refractivity contribution in [2.75, 3.05) is 17.1 Å². The minimum Gasteiger partial charge on any atom is -0.497 e. The lowest BCUT2D eigenvalue weighted by Crippen LogP contribution is -2.18. The van der Waals surface area contributed by atoms with Crippen LogP contribution in [0.2, 0.25) is 0 Å². The molecule has 2 N–H and O–H groups in total. The van der Waals surface area contributed by atoms with E-state index in [1.807, 2.05) is 0 Å². The number of hydrogen-bond donors (Lipinski definition) is 2. The highest BCUT2D eigenvalue weighted by atomic mass is 32.2. The van der Waals surface area contributed by atoms with Crippen LogP contribution in [-0.2, 0) is 10.0 Å². The number of aryl methyl sites for hydroxylation is 1. The third-order valence-electron chi connectivity index (χ3n) is 4.04. The summed E-state index contributed by atoms with van der Waals surface area (Å²) in [5, 5.41) is 2.73. The van der Waals surface area contributed by atoms with Crippen molar-refractivity contribution in [2.24, 2.45) is 0 Å². The molecule has 0 aliphatic heterocycles. The Morgan fingerprint density at radius 3 is 2.29 bits per heavy atom. The normalized spacial score (nSPS) is 10.9. The van der Waals surface area contributed by atoms with E-state index in [-0.39, 0.29) is 16.5 Å². The summed E-state index contributed by atoms with van der Waals surface area (Å²) in [6.07, 6.45) is 1.60. The van der Waals surface area contributed by atoms with E-state index in [1.165, 1.54) is 19.2 Å². The Labute approximate surface area is 163 Å². The summed E-state index contributed by atoms with van der Waals surface area (Å²) >= 11 is 0. The van der Waals surface area contributed by atoms with Crippen LogP contribution in [0.3, 0.4) is 0 Å². The first-order valence-electron chi connectivity index (χ1n) is 8.39. The molecule has 28 heavy (non-hydrogen) atoms. The van der Waals surface area contributed by atoms with Crippen molar-refractivity contribution in [3.63, 3.8) is 0 Å². The minimum atomic E-state index is -3.84. The SMILES string of the molecule is COc1ccc(S(=O)(=O)Nc2ccccc2NC(=O)c2cccnc2C)cc1. The summed E-state index contributed by atoms with van der Waals surface area (Å²) < 4.78 is 32.9. The Morgan fingerprint density at radius 2 is 1.64 bits per heavy atom. The van der Waals surface area contributed by atoms with Crippen molar-refractivity contribution in [3.05, 3.63) is 78.1 Å². The Bertz CT molecular complexity index is 1100. The average Bonchev–Trinajstić information content (AvgIpc) is 2.69. The summed E-state index contributed by atoms with van der Waals surface area (Å²) in [6.45, 7) is 1.73. The number of methoxy groups -OCH3 is 1. The number of aromatic nitrogens is 1. The van der Waals surface area contributed by atoms with E-state index in [0.29, 0.717) is 22.7 Å². The number of benzene rings is 2. The van der Waals surface area contributed by atoms with Gasteiger partial charge in [-0.1, -0.05) is 12.1 Å². The van der Waals surface area contributed by atoms with E-state index in [2.05, 4.69) is 15.0 Å². The second-order valence-electron chi connectivity index (χ2n) is 5.92. The van der Waals surface area contributed by atoms with Crippen LogP contribution in [0.15, 0.2) is 71.8 Å². The Kier molecular flexibility index (Phi) is 5.60. The van der Waals surface area contributed by atoms with Crippen LogP contribution < -0.4 is 14.8 Å². The van der Waals surface area contributed by atoms with Gasteiger partial charge in [-0.15, -0.1) is 0 Å². The zero-order valence-electron chi connectivity index (χ0n) is 15.3. The Hall–Kier alpha value is -3.39. The number of para-hydroxylation sites is 2. The molecule has 1 amide bonds. The maximum atomic E-state index is 12.7. The Morgan fingerprint density at radius 1 is 0.964 bits per heavy atom. The number of sulfonamides is 1. The number of amides is 1. The maximum absolute atomic E-state index is 12.7. The van der Waals surface area contributed by atoms with Crippen LogP contribution in [0.1, 0.15) is 16.1 Å². The van der Waals surface area contributed by atoms with Gasteiger partial charge in [-0.3, -0.25) is 14.5 Å². The molecule has 0 unspecified atom stereocenters. The van der Waals surface area contributed by atoms with Gasteiger partial charge in [0.1, 0.15) is 5.75 Å². The minimum absolute atomic E-state index is 0.0810. The van der Waals surface area contributed by atoms with Crippen molar-refractivity contribution >= 4 is 27.3 Å². The number of pyridine rings is 1. The third kappa shape index (κ3) is 4.29. The largest absolute Gasteiger partial charge is 0.497 e. The van der Waals surface area contributed by atoms with Crippen LogP contribution in [0.4, 0.5) is 11.4 Å². The molecule has 3 rings (SSSR count). The molecule has 1 heterocycles. The highest BCUT2D eigenvalue weighted by molar-refractivity contribution is 7.92. The van der Waals surface area contributed by atoms with Gasteiger partial charge in [0, 0.05) is 11.9 Å². The number of carbonyl (C=O) groups excluding carboxylic acids is 1. The summed E-state index contributed by atoms with van der Waals surface area (Å²) in [5.41, 5.74) is 1.59. The van der Waals surface area contributed by atoms with Gasteiger partial charge in [0.15, 0.2) is 0 Å². The molecule has 144 valence electrons. The smallest absolute Gasteiger partial charge is 0.261 e. The molecule has 0 fully saturated rings. The van der Waals surface area contributed by atoms with Gasteiger partial charge < -0.3 is 10.1 Å². The van der Waals surface area contributed by atoms with Crippen LogP contribution >= 0.6 is 0 Å². The van der Waals surface area contributed by atoms with E-state index in [9.17, 15) is 13.2 Å². The number of nitrogens with one attached hydrogen (secondary N) is 2. The molecule has 0 saturated heterocycles. The summed E-state index contributed by atoms with van der Waals surface area (Å²) in [4.78, 5) is 16.7. The predicted molar refractivity (Wildman–Crippen MR) is 107 cm³/mol. The highest BCUT2D eigenvalue weighted by Crippen LogP contribution is 2.26. The van der Waals surface area contributed by atoms with Crippen LogP contribution in [0.25, 0.3) is 0 Å². The second-order valence-corrected chi connectivity index (χ2v) is 7.60. The molecule has 0 bridgehead atoms. The van der Waals surface area contributed by atoms with Crippen molar-refractivity contribution in [1.82, 2.24) is 4.98 Å². The molecule has 0 spiro atoms. The van der Waals surface area contributed by atoms with Gasteiger partial charge in [-0.05, 0) is 55.5 Å². The number of rotatable bonds is 6. The molecule has 8 heteroatoms. The molecule has 0 radical (unpaired) electrons. The van der Waals surface area contributed by atoms with E-state index in [4.69, 9.17) is 4.74 Å². The first-order chi connectivity index (χ1) is 13.4. The third-order valence-corrected chi connectivity index (χ3v) is 5.42. The standard InChI is InChI=1S/C20H19N3O4S/c1-14-17(6-5-13-21-14)20(24)22-18-7-3-4-8-19(18)23-28(25,26)16-11-9-15(27-2)10-12-16/h3-13,23H,1-2H3,(H,22,24). The summed E-state index contributed by atoms with van der Waals surface area (Å²) in [7, 11) is -2.33. The van der Waals surface area contributed by atoms with Gasteiger partial charge in [0.2, 0.25) is 0 Å². The van der Waals surface area contributed by atoms with Gasteiger partial charge >= 0.3 is 0 Å². The number of carbonyl (C=O) groups is 1. The average molecular weight is 397 g/mol. The molecule has 0 aliphatic rings. The highest BCUT2D eigenvalue weighted by Gasteiger charge is 2.18. The van der Waals surface area contributed by atoms with Crippen molar-refractivity contribution < 1.29 is 17.9 Å². The molecule has 0 saturated carbocycles. The molecule has 0 aliphatic carbocycles. The zero-order valence-corrected chi connectivity index (χ0v) is 16.2. The molecule has 2 aromatic carbocycles. The van der Waals surface area contributed by atoms with E-state index in [1.54, 1.807) is 61.7 Å². The monoisotopic (exact) mass is 397 g/mol. The molecular formula is C20H19N3O4S. The molecular weight excluding hydrogens is 378 g/mol. The fourth-order valence-corrected chi connectivity index (χ4v) is 3.63. The molecule has 0 atom stereocenters. The number of nitrogens with zero attached hydrogens (tertiary/aromatic N) is 1. The van der Waals surface area contributed by atoms with Crippen molar-refractivity contribution in [1.29, 1.82) is 0 Å². The van der Waals surface area contributed by atoms with Crippen molar-refractivity contribution in [3.8, 4) is 5.75 Å². The van der Waals surface area contributed by atoms with Crippen molar-refractivity contribution in [2.45, 2.75) is 11.8 Å². The summed E-state index contributed by atoms with van der Waals surface area (Å²) in [6, 6.07) is 15.9. The first-order valence-corrected chi connectivity index (χ1v) is 9.88. The quantitative estimate of drug-likeness (QED) is 0.664. The van der Waals surface area contributed by atoms with E-state index >= 15 is 0 Å². The lowest BCUT2D eigenvalue weighted by molar-refractivity contribution is 0.102. The van der Waals surface area contributed by atoms with E-state index < -0.39 is 10.0 Å². The van der Waals surface area contributed by atoms with Gasteiger partial charge in [-0.25, -0.2) is 8.42 Å². The molecule has 7 nitrogen and oxygen atoms in total. The lowest BCUT2D eigenvalue weighted by atomic mass is 10.2. The fourth-order valence-electron chi connectivity index (χ4n) is 2.55. The van der Waals surface area contributed by atoms with Gasteiger partial charge in [-0.2, -0.15) is 0 Å². The van der Waals surface area contributed by atoms with E-state index in [0.717, 1.165) is 0 Å². The Balaban J connectivity index is 1.85. The maximum Gasteiger partial charge on any atom is 0.261 e. The second kappa shape index (κ2) is 8.10. The molecule has 3 aromatic rings. The van der Waals surface area contributed by atoms with Gasteiger partial charge in [0.25, 0.3) is 15.9 Å². The number of hydrogen-bond acceptors (Lipinski definition) is 5. The summed E-state index contributed by atoms with van der Waals surface area (Å²) in [5.74, 6) is 0.181. The first kappa shape index (κ1) is 19.4. The molecule has 1 aromatic heterocycles. The van der Waals surface area contributed by atoms with Crippen LogP contribution in [-0.4, -0.2) is 26.4 Å². The lowest BCUT2D eigenvalue weighted by Gasteiger charge is -2.14. The van der Waals surface area contributed by atoms with Gasteiger partial charge in [0.05, 0.1) is 28.9 Å².